The van der Waals surface area contributed by atoms with Crippen molar-refractivity contribution in [3.8, 4) is 5.75 Å². The number of methoxy groups -OCH3 is 1. The van der Waals surface area contributed by atoms with Crippen molar-refractivity contribution in [1.82, 2.24) is 4.98 Å². The van der Waals surface area contributed by atoms with Crippen molar-refractivity contribution in [3.63, 3.8) is 0 Å². The molecule has 0 aliphatic carbocycles. The van der Waals surface area contributed by atoms with Gasteiger partial charge in [-0.2, -0.15) is 0 Å². The van der Waals surface area contributed by atoms with Gasteiger partial charge in [0.1, 0.15) is 5.75 Å². The molecule has 1 aromatic heterocycles. The van der Waals surface area contributed by atoms with Crippen LogP contribution in [0.2, 0.25) is 0 Å². The third-order valence-electron chi connectivity index (χ3n) is 2.58. The fraction of sp³-hybridized carbons (Fsp3) is 0.583. The molecule has 1 aliphatic rings. The Hall–Kier alpha value is -1.13. The second-order valence-corrected chi connectivity index (χ2v) is 3.79. The van der Waals surface area contributed by atoms with E-state index >= 15 is 0 Å². The Morgan fingerprint density at radius 2 is 2.44 bits per heavy atom. The van der Waals surface area contributed by atoms with Crippen LogP contribution in [-0.2, 0) is 16.1 Å². The second-order valence-electron chi connectivity index (χ2n) is 3.79. The fourth-order valence-electron chi connectivity index (χ4n) is 1.68. The summed E-state index contributed by atoms with van der Waals surface area (Å²) in [7, 11) is 1.64. The number of hydrogen-bond acceptors (Lipinski definition) is 4. The Labute approximate surface area is 95.5 Å². The molecule has 0 saturated carbocycles. The second kappa shape index (κ2) is 5.82. The molecule has 0 amide bonds. The lowest BCUT2D eigenvalue weighted by Crippen LogP contribution is -2.22. The van der Waals surface area contributed by atoms with Gasteiger partial charge in [-0.3, -0.25) is 4.98 Å². The first kappa shape index (κ1) is 11.4. The molecule has 1 unspecified atom stereocenters. The van der Waals surface area contributed by atoms with Gasteiger partial charge < -0.3 is 14.2 Å². The van der Waals surface area contributed by atoms with E-state index in [-0.39, 0.29) is 6.29 Å². The van der Waals surface area contributed by atoms with E-state index in [1.54, 1.807) is 13.3 Å². The largest absolute Gasteiger partial charge is 0.497 e. The van der Waals surface area contributed by atoms with Gasteiger partial charge in [-0.1, -0.05) is 0 Å². The Morgan fingerprint density at radius 1 is 1.50 bits per heavy atom. The van der Waals surface area contributed by atoms with E-state index in [9.17, 15) is 0 Å². The Morgan fingerprint density at radius 3 is 3.19 bits per heavy atom. The van der Waals surface area contributed by atoms with Crippen LogP contribution in [0.3, 0.4) is 0 Å². The minimum Gasteiger partial charge on any atom is -0.497 e. The highest BCUT2D eigenvalue weighted by Crippen LogP contribution is 2.16. The molecular formula is C12H17NO3. The first-order valence-electron chi connectivity index (χ1n) is 5.60. The molecule has 0 spiro atoms. The smallest absolute Gasteiger partial charge is 0.158 e. The number of nitrogens with zero attached hydrogens (tertiary/aromatic N) is 1. The minimum absolute atomic E-state index is 0.0678. The molecule has 1 aliphatic heterocycles. The summed E-state index contributed by atoms with van der Waals surface area (Å²) in [4.78, 5) is 4.21. The number of ether oxygens (including phenoxy) is 3. The van der Waals surface area contributed by atoms with Crippen molar-refractivity contribution in [3.05, 3.63) is 24.0 Å². The monoisotopic (exact) mass is 223 g/mol. The molecule has 0 aromatic carbocycles. The van der Waals surface area contributed by atoms with Gasteiger partial charge in [0, 0.05) is 18.9 Å². The standard InChI is InChI=1S/C12H17NO3/c1-14-11-5-6-13-10(8-11)9-16-12-4-2-3-7-15-12/h5-6,8,12H,2-4,7,9H2,1H3. The van der Waals surface area contributed by atoms with Crippen molar-refractivity contribution in [2.24, 2.45) is 0 Å². The van der Waals surface area contributed by atoms with E-state index in [0.717, 1.165) is 30.9 Å². The molecule has 4 heteroatoms. The van der Waals surface area contributed by atoms with Gasteiger partial charge in [0.25, 0.3) is 0 Å². The number of aromatic nitrogens is 1. The average Bonchev–Trinajstić information content (AvgIpc) is 2.38. The van der Waals surface area contributed by atoms with Gasteiger partial charge in [0.2, 0.25) is 0 Å². The van der Waals surface area contributed by atoms with Crippen LogP contribution in [0.5, 0.6) is 5.75 Å². The third-order valence-corrected chi connectivity index (χ3v) is 2.58. The summed E-state index contributed by atoms with van der Waals surface area (Å²) in [5, 5.41) is 0. The molecule has 2 heterocycles. The highest BCUT2D eigenvalue weighted by molar-refractivity contribution is 5.21. The average molecular weight is 223 g/mol. The van der Waals surface area contributed by atoms with Crippen LogP contribution in [0.25, 0.3) is 0 Å². The van der Waals surface area contributed by atoms with E-state index in [2.05, 4.69) is 4.98 Å². The van der Waals surface area contributed by atoms with Crippen LogP contribution < -0.4 is 4.74 Å². The zero-order valence-electron chi connectivity index (χ0n) is 9.52. The predicted molar refractivity (Wildman–Crippen MR) is 59.2 cm³/mol. The normalized spacial score (nSPS) is 20.7. The molecule has 0 radical (unpaired) electrons. The molecule has 1 fully saturated rings. The minimum atomic E-state index is -0.0678. The van der Waals surface area contributed by atoms with Crippen LogP contribution >= 0.6 is 0 Å². The fourth-order valence-corrected chi connectivity index (χ4v) is 1.68. The Kier molecular flexibility index (Phi) is 4.13. The van der Waals surface area contributed by atoms with Gasteiger partial charge in [0.15, 0.2) is 6.29 Å². The van der Waals surface area contributed by atoms with Gasteiger partial charge in [-0.05, 0) is 25.3 Å². The van der Waals surface area contributed by atoms with Crippen LogP contribution in [-0.4, -0.2) is 25.0 Å². The molecule has 0 N–H and O–H groups in total. The van der Waals surface area contributed by atoms with Gasteiger partial charge in [-0.25, -0.2) is 0 Å². The molecule has 0 bridgehead atoms. The summed E-state index contributed by atoms with van der Waals surface area (Å²) in [6, 6.07) is 3.70. The summed E-state index contributed by atoms with van der Waals surface area (Å²) in [5.74, 6) is 0.804. The van der Waals surface area contributed by atoms with Crippen LogP contribution in [0.15, 0.2) is 18.3 Å². The molecule has 2 rings (SSSR count). The topological polar surface area (TPSA) is 40.6 Å². The summed E-state index contributed by atoms with van der Waals surface area (Å²) in [6.45, 7) is 1.28. The summed E-state index contributed by atoms with van der Waals surface area (Å²) < 4.78 is 16.2. The molecule has 88 valence electrons. The van der Waals surface area contributed by atoms with Crippen molar-refractivity contribution in [1.29, 1.82) is 0 Å². The Balaban J connectivity index is 1.83. The van der Waals surface area contributed by atoms with Crippen LogP contribution in [0.1, 0.15) is 25.0 Å². The molecule has 1 atom stereocenters. The van der Waals surface area contributed by atoms with Crippen molar-refractivity contribution in [2.45, 2.75) is 32.2 Å². The third kappa shape index (κ3) is 3.18. The predicted octanol–water partition coefficient (Wildman–Crippen LogP) is 2.13. The summed E-state index contributed by atoms with van der Waals surface area (Å²) in [5.41, 5.74) is 0.869. The quantitative estimate of drug-likeness (QED) is 0.784. The maximum absolute atomic E-state index is 5.63. The highest BCUT2D eigenvalue weighted by Gasteiger charge is 2.14. The van der Waals surface area contributed by atoms with Crippen LogP contribution in [0.4, 0.5) is 0 Å². The van der Waals surface area contributed by atoms with E-state index in [0.29, 0.717) is 6.61 Å². The number of rotatable bonds is 4. The maximum atomic E-state index is 5.63. The molecule has 1 saturated heterocycles. The maximum Gasteiger partial charge on any atom is 0.158 e. The van der Waals surface area contributed by atoms with E-state index < -0.39 is 0 Å². The zero-order valence-corrected chi connectivity index (χ0v) is 9.52. The van der Waals surface area contributed by atoms with Gasteiger partial charge in [0.05, 0.1) is 19.4 Å². The van der Waals surface area contributed by atoms with Gasteiger partial charge in [-0.15, -0.1) is 0 Å². The lowest BCUT2D eigenvalue weighted by Gasteiger charge is -2.22. The Bertz CT molecular complexity index is 324. The van der Waals surface area contributed by atoms with E-state index in [1.165, 1.54) is 6.42 Å². The summed E-state index contributed by atoms with van der Waals surface area (Å²) in [6.07, 6.45) is 4.94. The number of hydrogen-bond donors (Lipinski definition) is 0. The lowest BCUT2D eigenvalue weighted by atomic mass is 10.2. The SMILES string of the molecule is COc1ccnc(COC2CCCCO2)c1. The van der Waals surface area contributed by atoms with E-state index in [4.69, 9.17) is 14.2 Å². The van der Waals surface area contributed by atoms with Crippen molar-refractivity contribution in [2.75, 3.05) is 13.7 Å². The number of pyridine rings is 1. The summed E-state index contributed by atoms with van der Waals surface area (Å²) >= 11 is 0. The first-order chi connectivity index (χ1) is 7.88. The molecule has 4 nitrogen and oxygen atoms in total. The van der Waals surface area contributed by atoms with Gasteiger partial charge >= 0.3 is 0 Å². The van der Waals surface area contributed by atoms with Crippen molar-refractivity contribution < 1.29 is 14.2 Å². The molecular weight excluding hydrogens is 206 g/mol. The molecule has 16 heavy (non-hydrogen) atoms. The van der Waals surface area contributed by atoms with Crippen LogP contribution in [0, 0.1) is 0 Å². The molecule has 1 aromatic rings. The van der Waals surface area contributed by atoms with Crippen molar-refractivity contribution >= 4 is 0 Å². The zero-order chi connectivity index (χ0) is 11.2. The van der Waals surface area contributed by atoms with E-state index in [1.807, 2.05) is 12.1 Å². The lowest BCUT2D eigenvalue weighted by molar-refractivity contribution is -0.169. The highest BCUT2D eigenvalue weighted by atomic mass is 16.7. The first-order valence-corrected chi connectivity index (χ1v) is 5.60.